The Kier molecular flexibility index (Phi) is 5.90. The largest absolute Gasteiger partial charge is 0.493 e. The summed E-state index contributed by atoms with van der Waals surface area (Å²) in [5, 5.41) is 6.14. The fourth-order valence-electron chi connectivity index (χ4n) is 3.14. The summed E-state index contributed by atoms with van der Waals surface area (Å²) < 4.78 is 10.6. The number of ether oxygens (including phenoxy) is 2. The summed E-state index contributed by atoms with van der Waals surface area (Å²) >= 11 is 5.96. The topological polar surface area (TPSA) is 76.7 Å². The molecule has 0 aromatic heterocycles. The van der Waals surface area contributed by atoms with Gasteiger partial charge in [-0.1, -0.05) is 23.7 Å². The number of amides is 2. The molecule has 0 fully saturated rings. The Bertz CT molecular complexity index is 938. The molecule has 146 valence electrons. The number of nitrogens with one attached hydrogen (secondary N) is 2. The summed E-state index contributed by atoms with van der Waals surface area (Å²) in [6.45, 7) is 1.87. The smallest absolute Gasteiger partial charge is 0.253 e. The van der Waals surface area contributed by atoms with Gasteiger partial charge in [0, 0.05) is 40.9 Å². The molecule has 2 N–H and O–H groups in total. The predicted octanol–water partition coefficient (Wildman–Crippen LogP) is 3.79. The minimum atomic E-state index is -0.355. The van der Waals surface area contributed by atoms with E-state index in [9.17, 15) is 9.59 Å². The summed E-state index contributed by atoms with van der Waals surface area (Å²) in [4.78, 5) is 24.9. The molecule has 0 saturated carbocycles. The maximum atomic E-state index is 13.0. The van der Waals surface area contributed by atoms with Crippen LogP contribution in [0.25, 0.3) is 0 Å². The molecule has 0 aliphatic carbocycles. The van der Waals surface area contributed by atoms with Gasteiger partial charge in [0.15, 0.2) is 11.5 Å². The van der Waals surface area contributed by atoms with Gasteiger partial charge in [-0.05, 0) is 36.2 Å². The van der Waals surface area contributed by atoms with Crippen molar-refractivity contribution in [2.45, 2.75) is 19.3 Å². The van der Waals surface area contributed by atoms with E-state index in [0.717, 1.165) is 11.1 Å². The maximum Gasteiger partial charge on any atom is 0.253 e. The zero-order valence-electron chi connectivity index (χ0n) is 15.8. The highest BCUT2D eigenvalue weighted by Crippen LogP contribution is 2.35. The molecule has 0 bridgehead atoms. The molecule has 0 saturated heterocycles. The molecular weight excluding hydrogens is 380 g/mol. The molecule has 6 nitrogen and oxygen atoms in total. The van der Waals surface area contributed by atoms with Crippen molar-refractivity contribution in [3.8, 4) is 11.5 Å². The van der Waals surface area contributed by atoms with E-state index < -0.39 is 0 Å². The summed E-state index contributed by atoms with van der Waals surface area (Å²) in [5.74, 6) is 0.310. The van der Waals surface area contributed by atoms with Crippen LogP contribution in [-0.4, -0.2) is 26.0 Å². The molecule has 1 atom stereocenters. The van der Waals surface area contributed by atoms with Gasteiger partial charge < -0.3 is 20.1 Å². The van der Waals surface area contributed by atoms with E-state index in [1.165, 1.54) is 13.3 Å². The summed E-state index contributed by atoms with van der Waals surface area (Å²) in [6.07, 6.45) is 1.66. The van der Waals surface area contributed by atoms with E-state index in [-0.39, 0.29) is 24.2 Å². The first kappa shape index (κ1) is 19.8. The van der Waals surface area contributed by atoms with Crippen molar-refractivity contribution in [2.75, 3.05) is 19.5 Å². The number of hydrogen-bond acceptors (Lipinski definition) is 4. The minimum Gasteiger partial charge on any atom is -0.493 e. The van der Waals surface area contributed by atoms with Crippen molar-refractivity contribution < 1.29 is 19.1 Å². The monoisotopic (exact) mass is 400 g/mol. The van der Waals surface area contributed by atoms with Crippen molar-refractivity contribution in [3.63, 3.8) is 0 Å². The number of aryl methyl sites for hydroxylation is 1. The Labute approximate surface area is 168 Å². The van der Waals surface area contributed by atoms with E-state index in [0.29, 0.717) is 27.8 Å². The van der Waals surface area contributed by atoms with Gasteiger partial charge in [0.25, 0.3) is 5.91 Å². The van der Waals surface area contributed by atoms with Crippen LogP contribution < -0.4 is 20.1 Å². The lowest BCUT2D eigenvalue weighted by Crippen LogP contribution is -2.32. The van der Waals surface area contributed by atoms with Crippen molar-refractivity contribution in [1.82, 2.24) is 5.32 Å². The van der Waals surface area contributed by atoms with Crippen LogP contribution in [0.4, 0.5) is 5.69 Å². The van der Waals surface area contributed by atoms with Gasteiger partial charge in [0.1, 0.15) is 0 Å². The summed E-state index contributed by atoms with van der Waals surface area (Å²) in [7, 11) is 3.09. The molecule has 1 heterocycles. The van der Waals surface area contributed by atoms with E-state index >= 15 is 0 Å². The highest BCUT2D eigenvalue weighted by Gasteiger charge is 2.29. The third kappa shape index (κ3) is 4.12. The second-order valence-electron chi connectivity index (χ2n) is 6.45. The molecule has 1 aliphatic heterocycles. The Morgan fingerprint density at radius 2 is 1.79 bits per heavy atom. The predicted molar refractivity (Wildman–Crippen MR) is 108 cm³/mol. The minimum absolute atomic E-state index is 0.140. The number of halogens is 1. The Morgan fingerprint density at radius 1 is 1.14 bits per heavy atom. The van der Waals surface area contributed by atoms with Gasteiger partial charge in [0.2, 0.25) is 5.91 Å². The number of rotatable bonds is 5. The van der Waals surface area contributed by atoms with Crippen LogP contribution in [0.1, 0.15) is 23.5 Å². The van der Waals surface area contributed by atoms with E-state index in [2.05, 4.69) is 10.6 Å². The molecule has 1 aliphatic rings. The Morgan fingerprint density at radius 3 is 2.43 bits per heavy atom. The molecule has 2 aromatic carbocycles. The van der Waals surface area contributed by atoms with Gasteiger partial charge in [-0.25, -0.2) is 0 Å². The third-order valence-electron chi connectivity index (χ3n) is 4.67. The molecule has 0 radical (unpaired) electrons. The first-order valence-corrected chi connectivity index (χ1v) is 9.09. The first-order chi connectivity index (χ1) is 13.4. The molecule has 7 heteroatoms. The average molecular weight is 401 g/mol. The lowest BCUT2D eigenvalue weighted by Gasteiger charge is -2.24. The molecule has 2 aromatic rings. The van der Waals surface area contributed by atoms with Crippen LogP contribution in [0.3, 0.4) is 0 Å². The fourth-order valence-corrected chi connectivity index (χ4v) is 3.27. The molecule has 0 spiro atoms. The van der Waals surface area contributed by atoms with Crippen LogP contribution in [0.15, 0.2) is 48.2 Å². The van der Waals surface area contributed by atoms with Crippen LogP contribution in [-0.2, 0) is 9.59 Å². The number of methoxy groups -OCH3 is 2. The number of carbonyl (C=O) groups is 2. The Balaban J connectivity index is 1.90. The van der Waals surface area contributed by atoms with Gasteiger partial charge in [0.05, 0.1) is 14.2 Å². The van der Waals surface area contributed by atoms with Crippen molar-refractivity contribution in [3.05, 3.63) is 64.3 Å². The normalized spacial score (nSPS) is 16.1. The van der Waals surface area contributed by atoms with Gasteiger partial charge in [-0.2, -0.15) is 0 Å². The van der Waals surface area contributed by atoms with E-state index in [4.69, 9.17) is 21.1 Å². The lowest BCUT2D eigenvalue weighted by molar-refractivity contribution is -0.121. The first-order valence-electron chi connectivity index (χ1n) is 8.71. The summed E-state index contributed by atoms with van der Waals surface area (Å²) in [5.41, 5.74) is 2.76. The van der Waals surface area contributed by atoms with Crippen molar-refractivity contribution in [2.24, 2.45) is 0 Å². The molecule has 3 rings (SSSR count). The molecule has 28 heavy (non-hydrogen) atoms. The number of benzene rings is 2. The van der Waals surface area contributed by atoms with Gasteiger partial charge >= 0.3 is 0 Å². The third-order valence-corrected chi connectivity index (χ3v) is 4.92. The number of hydrogen-bond donors (Lipinski definition) is 2. The van der Waals surface area contributed by atoms with Crippen molar-refractivity contribution in [1.29, 1.82) is 0 Å². The zero-order chi connectivity index (χ0) is 20.3. The van der Waals surface area contributed by atoms with Crippen molar-refractivity contribution >= 4 is 29.1 Å². The van der Waals surface area contributed by atoms with Gasteiger partial charge in [-0.15, -0.1) is 0 Å². The summed E-state index contributed by atoms with van der Waals surface area (Å²) in [6, 6.07) is 10.7. The van der Waals surface area contributed by atoms with Crippen LogP contribution in [0.5, 0.6) is 11.5 Å². The molecular formula is C21H21ClN2O4. The number of anilines is 1. The SMILES string of the molecule is COc1cc(C)c(NC(=O)C2=CNC(=O)C[C@@H]2c2ccc(Cl)cc2)cc1OC. The average Bonchev–Trinajstić information content (AvgIpc) is 2.69. The fraction of sp³-hybridized carbons (Fsp3) is 0.238. The van der Waals surface area contributed by atoms with Crippen LogP contribution in [0.2, 0.25) is 5.02 Å². The van der Waals surface area contributed by atoms with E-state index in [1.807, 2.05) is 19.1 Å². The second-order valence-corrected chi connectivity index (χ2v) is 6.89. The Hall–Kier alpha value is -2.99. The lowest BCUT2D eigenvalue weighted by atomic mass is 9.86. The highest BCUT2D eigenvalue weighted by atomic mass is 35.5. The zero-order valence-corrected chi connectivity index (χ0v) is 16.6. The molecule has 0 unspecified atom stereocenters. The molecule has 2 amide bonds. The standard InChI is InChI=1S/C21H21ClN2O4/c1-12-8-18(27-2)19(28-3)10-17(12)24-21(26)16-11-23-20(25)9-15(16)13-4-6-14(22)7-5-13/h4-8,10-11,15H,9H2,1-3H3,(H,23,25)(H,24,26)/t15-/m1/s1. The number of carbonyl (C=O) groups excluding carboxylic acids is 2. The van der Waals surface area contributed by atoms with Crippen LogP contribution in [0, 0.1) is 6.92 Å². The van der Waals surface area contributed by atoms with Gasteiger partial charge in [-0.3, -0.25) is 9.59 Å². The van der Waals surface area contributed by atoms with Crippen LogP contribution >= 0.6 is 11.6 Å². The maximum absolute atomic E-state index is 13.0. The highest BCUT2D eigenvalue weighted by molar-refractivity contribution is 6.30. The quantitative estimate of drug-likeness (QED) is 0.800. The van der Waals surface area contributed by atoms with E-state index in [1.54, 1.807) is 31.4 Å². The second kappa shape index (κ2) is 8.35.